The van der Waals surface area contributed by atoms with Crippen molar-refractivity contribution in [1.29, 1.82) is 0 Å². The average molecular weight is 343 g/mol. The van der Waals surface area contributed by atoms with Crippen LogP contribution in [0.4, 0.5) is 5.69 Å². The number of benzene rings is 1. The van der Waals surface area contributed by atoms with Gasteiger partial charge in [0.15, 0.2) is 0 Å². The summed E-state index contributed by atoms with van der Waals surface area (Å²) in [6.07, 6.45) is 0. The van der Waals surface area contributed by atoms with Crippen molar-refractivity contribution in [3.05, 3.63) is 28.8 Å². The van der Waals surface area contributed by atoms with E-state index < -0.39 is 15.7 Å². The lowest BCUT2D eigenvalue weighted by atomic mass is 9.85. The summed E-state index contributed by atoms with van der Waals surface area (Å²) in [6, 6.07) is 5.74. The van der Waals surface area contributed by atoms with Gasteiger partial charge in [0.05, 0.1) is 10.5 Å². The van der Waals surface area contributed by atoms with Crippen LogP contribution in [-0.2, 0) is 11.0 Å². The quantitative estimate of drug-likeness (QED) is 0.745. The second kappa shape index (κ2) is 6.71. The molecule has 22 heavy (non-hydrogen) atoms. The number of hydrogen-bond donors (Lipinski definition) is 0. The molecular weight excluding hydrogens is 316 g/mol. The molecule has 1 rings (SSSR count). The first kappa shape index (κ1) is 19.2. The topological polar surface area (TPSA) is 32.7 Å². The van der Waals surface area contributed by atoms with Gasteiger partial charge >= 0.3 is 0 Å². The fourth-order valence-corrected chi connectivity index (χ4v) is 2.88. The minimum absolute atomic E-state index is 0.240. The Labute approximate surface area is 142 Å². The Morgan fingerprint density at radius 3 is 2.09 bits per heavy atom. The van der Waals surface area contributed by atoms with E-state index in [1.807, 2.05) is 58.0 Å². The summed E-state index contributed by atoms with van der Waals surface area (Å²) in [6.45, 7) is 12.0. The molecule has 1 aromatic rings. The van der Waals surface area contributed by atoms with E-state index >= 15 is 0 Å². The van der Waals surface area contributed by atoms with Crippen LogP contribution in [0.5, 0.6) is 0 Å². The molecule has 0 N–H and O–H groups in total. The van der Waals surface area contributed by atoms with Gasteiger partial charge in [-0.15, -0.1) is 0 Å². The van der Waals surface area contributed by atoms with E-state index in [1.54, 1.807) is 0 Å². The van der Waals surface area contributed by atoms with E-state index in [-0.39, 0.29) is 5.41 Å². The predicted octanol–water partition coefficient (Wildman–Crippen LogP) is 4.70. The lowest BCUT2D eigenvalue weighted by Gasteiger charge is -2.27. The van der Waals surface area contributed by atoms with E-state index in [2.05, 4.69) is 25.2 Å². The molecule has 124 valence electrons. The van der Waals surface area contributed by atoms with Gasteiger partial charge in [0, 0.05) is 35.8 Å². The van der Waals surface area contributed by atoms with E-state index in [9.17, 15) is 4.21 Å². The van der Waals surface area contributed by atoms with Crippen LogP contribution in [0.25, 0.3) is 0 Å². The lowest BCUT2D eigenvalue weighted by molar-refractivity contribution is 0.591. The monoisotopic (exact) mass is 342 g/mol. The van der Waals surface area contributed by atoms with Crippen molar-refractivity contribution in [1.82, 2.24) is 0 Å². The van der Waals surface area contributed by atoms with E-state index in [0.717, 1.165) is 17.0 Å². The molecule has 0 saturated heterocycles. The largest absolute Gasteiger partial charge is 0.377 e. The highest BCUT2D eigenvalue weighted by Gasteiger charge is 2.28. The van der Waals surface area contributed by atoms with Crippen molar-refractivity contribution < 1.29 is 4.21 Å². The molecule has 0 aliphatic carbocycles. The fraction of sp³-hybridized carbons (Fsp3) is 0.588. The summed E-state index contributed by atoms with van der Waals surface area (Å²) < 4.78 is 16.7. The van der Waals surface area contributed by atoms with Crippen molar-refractivity contribution in [2.45, 2.75) is 46.3 Å². The first-order valence-corrected chi connectivity index (χ1v) is 8.81. The summed E-state index contributed by atoms with van der Waals surface area (Å²) in [4.78, 5) is 2.02. The Morgan fingerprint density at radius 1 is 1.14 bits per heavy atom. The molecule has 0 aliphatic heterocycles. The van der Waals surface area contributed by atoms with Crippen molar-refractivity contribution in [2.75, 3.05) is 19.0 Å². The molecule has 1 unspecified atom stereocenters. The molecule has 1 atom stereocenters. The van der Waals surface area contributed by atoms with Crippen LogP contribution in [0.2, 0.25) is 5.02 Å². The maximum atomic E-state index is 12.5. The van der Waals surface area contributed by atoms with Crippen LogP contribution in [-0.4, -0.2) is 28.8 Å². The molecule has 5 heteroatoms. The van der Waals surface area contributed by atoms with Gasteiger partial charge in [0.2, 0.25) is 0 Å². The molecule has 1 aromatic carbocycles. The third kappa shape index (κ3) is 4.82. The summed E-state index contributed by atoms with van der Waals surface area (Å²) in [5.74, 6) is 0. The van der Waals surface area contributed by atoms with Crippen LogP contribution in [0, 0.1) is 5.41 Å². The minimum Gasteiger partial charge on any atom is -0.377 e. The molecule has 0 saturated carbocycles. The molecule has 0 fully saturated rings. The fourth-order valence-electron chi connectivity index (χ4n) is 1.90. The molecule has 0 radical (unpaired) electrons. The van der Waals surface area contributed by atoms with Crippen LogP contribution in [0.3, 0.4) is 0 Å². The molecule has 0 spiro atoms. The Balaban J connectivity index is 3.59. The third-order valence-electron chi connectivity index (χ3n) is 3.10. The van der Waals surface area contributed by atoms with E-state index in [4.69, 9.17) is 11.6 Å². The highest BCUT2D eigenvalue weighted by atomic mass is 35.5. The maximum absolute atomic E-state index is 12.5. The van der Waals surface area contributed by atoms with Gasteiger partial charge in [-0.1, -0.05) is 32.4 Å². The van der Waals surface area contributed by atoms with Crippen molar-refractivity contribution in [3.63, 3.8) is 0 Å². The number of anilines is 1. The lowest BCUT2D eigenvalue weighted by Crippen LogP contribution is -2.28. The maximum Gasteiger partial charge on any atom is 0.145 e. The highest BCUT2D eigenvalue weighted by Crippen LogP contribution is 2.31. The smallest absolute Gasteiger partial charge is 0.145 e. The summed E-state index contributed by atoms with van der Waals surface area (Å²) in [5, 5.41) is 0.652. The Hall–Kier alpha value is -0.870. The zero-order valence-electron chi connectivity index (χ0n) is 14.8. The minimum atomic E-state index is -1.32. The van der Waals surface area contributed by atoms with Gasteiger partial charge < -0.3 is 4.90 Å². The standard InChI is InChI=1S/C17H27ClN2OS/c1-16(2,3)15(19-22(21)17(4,5)6)13-11-12(18)9-10-14(13)20(7)8/h9-11H,1-8H3/b19-15-. The molecule has 0 heterocycles. The summed E-state index contributed by atoms with van der Waals surface area (Å²) in [7, 11) is 2.64. The summed E-state index contributed by atoms with van der Waals surface area (Å²) in [5.41, 5.74) is 2.52. The Kier molecular flexibility index (Phi) is 5.85. The van der Waals surface area contributed by atoms with Crippen molar-refractivity contribution in [3.8, 4) is 0 Å². The number of halogens is 1. The second-order valence-electron chi connectivity index (χ2n) is 7.61. The predicted molar refractivity (Wildman–Crippen MR) is 99.7 cm³/mol. The van der Waals surface area contributed by atoms with Gasteiger partial charge in [0.25, 0.3) is 0 Å². The molecular formula is C17H27ClN2OS. The Morgan fingerprint density at radius 2 is 1.68 bits per heavy atom. The third-order valence-corrected chi connectivity index (χ3v) is 4.74. The second-order valence-corrected chi connectivity index (χ2v) is 9.95. The Bertz CT molecular complexity index is 596. The molecule has 0 aromatic heterocycles. The molecule has 0 aliphatic rings. The molecule has 3 nitrogen and oxygen atoms in total. The number of hydrogen-bond acceptors (Lipinski definition) is 2. The van der Waals surface area contributed by atoms with E-state index in [0.29, 0.717) is 5.02 Å². The first-order valence-electron chi connectivity index (χ1n) is 7.32. The van der Waals surface area contributed by atoms with Crippen molar-refractivity contribution >= 4 is 34.0 Å². The first-order chi connectivity index (χ1) is 9.84. The van der Waals surface area contributed by atoms with Gasteiger partial charge in [-0.2, -0.15) is 4.40 Å². The molecule has 0 amide bonds. The zero-order valence-corrected chi connectivity index (χ0v) is 16.4. The van der Waals surface area contributed by atoms with Gasteiger partial charge in [-0.05, 0) is 39.0 Å². The van der Waals surface area contributed by atoms with Crippen LogP contribution >= 0.6 is 11.6 Å². The SMILES string of the molecule is CN(C)c1ccc(Cl)cc1/C(=N/S(=O)C(C)(C)C)C(C)(C)C. The summed E-state index contributed by atoms with van der Waals surface area (Å²) >= 11 is 6.19. The normalized spacial score (nSPS) is 14.9. The average Bonchev–Trinajstić information content (AvgIpc) is 2.32. The van der Waals surface area contributed by atoms with Gasteiger partial charge in [-0.25, -0.2) is 4.21 Å². The van der Waals surface area contributed by atoms with Gasteiger partial charge in [-0.3, -0.25) is 0 Å². The highest BCUT2D eigenvalue weighted by molar-refractivity contribution is 7.85. The zero-order chi connectivity index (χ0) is 17.3. The van der Waals surface area contributed by atoms with Crippen LogP contribution in [0.1, 0.15) is 47.1 Å². The van der Waals surface area contributed by atoms with E-state index in [1.165, 1.54) is 0 Å². The van der Waals surface area contributed by atoms with Crippen molar-refractivity contribution in [2.24, 2.45) is 9.81 Å². The van der Waals surface area contributed by atoms with Crippen LogP contribution < -0.4 is 4.90 Å². The number of rotatable bonds is 3. The van der Waals surface area contributed by atoms with Gasteiger partial charge in [0.1, 0.15) is 11.0 Å². The van der Waals surface area contributed by atoms with Crippen LogP contribution in [0.15, 0.2) is 22.6 Å². The number of nitrogens with zero attached hydrogens (tertiary/aromatic N) is 2. The molecule has 0 bridgehead atoms.